The summed E-state index contributed by atoms with van der Waals surface area (Å²) in [6, 6.07) is 8.64. The minimum atomic E-state index is 0.485. The number of nitrogens with zero attached hydrogens (tertiary/aromatic N) is 3. The molecule has 0 spiro atoms. The van der Waals surface area contributed by atoms with E-state index in [1.165, 1.54) is 31.6 Å². The molecule has 0 saturated carbocycles. The SMILES string of the molecule is NCc1cn(-c2ccc(N3CCCC3)cc2)cn1. The molecule has 2 N–H and O–H groups in total. The van der Waals surface area contributed by atoms with E-state index in [-0.39, 0.29) is 0 Å². The van der Waals surface area contributed by atoms with Crippen molar-refractivity contribution in [3.8, 4) is 5.69 Å². The molecule has 1 aromatic carbocycles. The molecule has 0 aliphatic carbocycles. The molecule has 3 rings (SSSR count). The fourth-order valence-corrected chi connectivity index (χ4v) is 2.42. The monoisotopic (exact) mass is 242 g/mol. The number of aromatic nitrogens is 2. The van der Waals surface area contributed by atoms with Gasteiger partial charge in [-0.05, 0) is 37.1 Å². The van der Waals surface area contributed by atoms with Crippen LogP contribution in [0.5, 0.6) is 0 Å². The second-order valence-corrected chi connectivity index (χ2v) is 4.69. The Bertz CT molecular complexity index is 509. The van der Waals surface area contributed by atoms with Crippen LogP contribution in [0.3, 0.4) is 0 Å². The van der Waals surface area contributed by atoms with Gasteiger partial charge in [0.25, 0.3) is 0 Å². The van der Waals surface area contributed by atoms with E-state index in [2.05, 4.69) is 34.1 Å². The van der Waals surface area contributed by atoms with Gasteiger partial charge < -0.3 is 15.2 Å². The molecule has 4 nitrogen and oxygen atoms in total. The molecule has 0 radical (unpaired) electrons. The van der Waals surface area contributed by atoms with Crippen molar-refractivity contribution < 1.29 is 0 Å². The van der Waals surface area contributed by atoms with Crippen LogP contribution in [0, 0.1) is 0 Å². The van der Waals surface area contributed by atoms with Crippen LogP contribution in [-0.4, -0.2) is 22.6 Å². The summed E-state index contributed by atoms with van der Waals surface area (Å²) in [6.45, 7) is 2.85. The van der Waals surface area contributed by atoms with Crippen molar-refractivity contribution >= 4 is 5.69 Å². The van der Waals surface area contributed by atoms with Crippen molar-refractivity contribution in [2.24, 2.45) is 5.73 Å². The van der Waals surface area contributed by atoms with E-state index >= 15 is 0 Å². The number of rotatable bonds is 3. The zero-order chi connectivity index (χ0) is 12.4. The summed E-state index contributed by atoms with van der Waals surface area (Å²) in [5.74, 6) is 0. The van der Waals surface area contributed by atoms with Crippen LogP contribution in [0.2, 0.25) is 0 Å². The normalized spacial score (nSPS) is 15.3. The average molecular weight is 242 g/mol. The maximum atomic E-state index is 5.57. The third-order valence-corrected chi connectivity index (χ3v) is 3.46. The van der Waals surface area contributed by atoms with E-state index < -0.39 is 0 Å². The van der Waals surface area contributed by atoms with Gasteiger partial charge in [-0.25, -0.2) is 4.98 Å². The highest BCUT2D eigenvalue weighted by Gasteiger charge is 2.11. The predicted molar refractivity (Wildman–Crippen MR) is 72.9 cm³/mol. The van der Waals surface area contributed by atoms with Crippen molar-refractivity contribution in [3.63, 3.8) is 0 Å². The Morgan fingerprint density at radius 2 is 1.72 bits per heavy atom. The summed E-state index contributed by atoms with van der Waals surface area (Å²) < 4.78 is 2.01. The number of nitrogens with two attached hydrogens (primary N) is 1. The Morgan fingerprint density at radius 3 is 2.33 bits per heavy atom. The predicted octanol–water partition coefficient (Wildman–Crippen LogP) is 1.93. The smallest absolute Gasteiger partial charge is 0.0995 e. The molecule has 0 unspecified atom stereocenters. The van der Waals surface area contributed by atoms with Crippen LogP contribution < -0.4 is 10.6 Å². The molecule has 18 heavy (non-hydrogen) atoms. The van der Waals surface area contributed by atoms with Gasteiger partial charge in [0.2, 0.25) is 0 Å². The standard InChI is InChI=1S/C14H18N4/c15-9-12-10-18(11-16-12)14-5-3-13(4-6-14)17-7-1-2-8-17/h3-6,10-11H,1-2,7-9,15H2. The molecule has 1 saturated heterocycles. The maximum absolute atomic E-state index is 5.57. The molecule has 94 valence electrons. The van der Waals surface area contributed by atoms with Crippen LogP contribution in [-0.2, 0) is 6.54 Å². The van der Waals surface area contributed by atoms with Crippen molar-refractivity contribution in [2.45, 2.75) is 19.4 Å². The Labute approximate surface area is 107 Å². The zero-order valence-electron chi connectivity index (χ0n) is 10.4. The van der Waals surface area contributed by atoms with E-state index in [1.807, 2.05) is 17.1 Å². The van der Waals surface area contributed by atoms with E-state index in [4.69, 9.17) is 5.73 Å². The van der Waals surface area contributed by atoms with Crippen LogP contribution >= 0.6 is 0 Å². The Kier molecular flexibility index (Phi) is 3.02. The van der Waals surface area contributed by atoms with Crippen LogP contribution in [0.15, 0.2) is 36.8 Å². The highest BCUT2D eigenvalue weighted by molar-refractivity contribution is 5.51. The Hall–Kier alpha value is -1.81. The molecule has 1 aromatic heterocycles. The third-order valence-electron chi connectivity index (χ3n) is 3.46. The first-order valence-electron chi connectivity index (χ1n) is 6.45. The molecule has 1 aliphatic rings. The largest absolute Gasteiger partial charge is 0.372 e. The minimum Gasteiger partial charge on any atom is -0.372 e. The highest BCUT2D eigenvalue weighted by Crippen LogP contribution is 2.21. The quantitative estimate of drug-likeness (QED) is 0.894. The van der Waals surface area contributed by atoms with Gasteiger partial charge in [0.05, 0.1) is 12.0 Å². The average Bonchev–Trinajstić information content (AvgIpc) is 3.10. The molecule has 2 heterocycles. The van der Waals surface area contributed by atoms with Crippen molar-refractivity contribution in [2.75, 3.05) is 18.0 Å². The number of imidazole rings is 1. The van der Waals surface area contributed by atoms with Gasteiger partial charge in [-0.3, -0.25) is 0 Å². The van der Waals surface area contributed by atoms with Crippen LogP contribution in [0.1, 0.15) is 18.5 Å². The van der Waals surface area contributed by atoms with Gasteiger partial charge in [-0.15, -0.1) is 0 Å². The lowest BCUT2D eigenvalue weighted by Crippen LogP contribution is -2.17. The molecular formula is C14H18N4. The fourth-order valence-electron chi connectivity index (χ4n) is 2.42. The highest BCUT2D eigenvalue weighted by atomic mass is 15.1. The number of hydrogen-bond donors (Lipinski definition) is 1. The first-order valence-corrected chi connectivity index (χ1v) is 6.45. The lowest BCUT2D eigenvalue weighted by molar-refractivity contribution is 0.949. The van der Waals surface area contributed by atoms with E-state index in [0.29, 0.717) is 6.54 Å². The first kappa shape index (κ1) is 11.3. The van der Waals surface area contributed by atoms with Crippen LogP contribution in [0.4, 0.5) is 5.69 Å². The summed E-state index contributed by atoms with van der Waals surface area (Å²) in [7, 11) is 0. The van der Waals surface area contributed by atoms with E-state index in [1.54, 1.807) is 0 Å². The first-order chi connectivity index (χ1) is 8.86. The van der Waals surface area contributed by atoms with Crippen molar-refractivity contribution in [1.29, 1.82) is 0 Å². The summed E-state index contributed by atoms with van der Waals surface area (Å²) in [5.41, 5.74) is 8.93. The molecule has 0 amide bonds. The van der Waals surface area contributed by atoms with Crippen molar-refractivity contribution in [1.82, 2.24) is 9.55 Å². The van der Waals surface area contributed by atoms with Gasteiger partial charge in [-0.1, -0.05) is 0 Å². The summed E-state index contributed by atoms with van der Waals surface area (Å²) in [6.07, 6.45) is 6.41. The molecule has 0 bridgehead atoms. The number of benzene rings is 1. The van der Waals surface area contributed by atoms with Gasteiger partial charge in [0.15, 0.2) is 0 Å². The van der Waals surface area contributed by atoms with E-state index in [9.17, 15) is 0 Å². The molecule has 2 aromatic rings. The lowest BCUT2D eigenvalue weighted by Gasteiger charge is -2.17. The topological polar surface area (TPSA) is 47.1 Å². The second-order valence-electron chi connectivity index (χ2n) is 4.69. The summed E-state index contributed by atoms with van der Waals surface area (Å²) in [5, 5.41) is 0. The van der Waals surface area contributed by atoms with Gasteiger partial charge in [0.1, 0.15) is 0 Å². The molecule has 4 heteroatoms. The third kappa shape index (κ3) is 2.11. The molecule has 1 aliphatic heterocycles. The minimum absolute atomic E-state index is 0.485. The fraction of sp³-hybridized carbons (Fsp3) is 0.357. The molecular weight excluding hydrogens is 224 g/mol. The molecule has 0 atom stereocenters. The zero-order valence-corrected chi connectivity index (χ0v) is 10.4. The maximum Gasteiger partial charge on any atom is 0.0995 e. The summed E-state index contributed by atoms with van der Waals surface area (Å²) >= 11 is 0. The van der Waals surface area contributed by atoms with Gasteiger partial charge >= 0.3 is 0 Å². The Balaban J connectivity index is 1.81. The second kappa shape index (κ2) is 4.82. The van der Waals surface area contributed by atoms with Crippen molar-refractivity contribution in [3.05, 3.63) is 42.5 Å². The van der Waals surface area contributed by atoms with Gasteiger partial charge in [0, 0.05) is 37.2 Å². The summed E-state index contributed by atoms with van der Waals surface area (Å²) in [4.78, 5) is 6.67. The number of anilines is 1. The molecule has 1 fully saturated rings. The Morgan fingerprint density at radius 1 is 1.06 bits per heavy atom. The van der Waals surface area contributed by atoms with E-state index in [0.717, 1.165) is 11.4 Å². The van der Waals surface area contributed by atoms with Crippen LogP contribution in [0.25, 0.3) is 5.69 Å². The van der Waals surface area contributed by atoms with Gasteiger partial charge in [-0.2, -0.15) is 0 Å². The number of hydrogen-bond acceptors (Lipinski definition) is 3. The lowest BCUT2D eigenvalue weighted by atomic mass is 10.2.